The number of hydrogen-bond donors (Lipinski definition) is 4. The molecule has 1 fully saturated rings. The lowest BCUT2D eigenvalue weighted by molar-refractivity contribution is -0.117. The maximum Gasteiger partial charge on any atom is 0.257 e. The van der Waals surface area contributed by atoms with E-state index in [0.29, 0.717) is 24.3 Å². The molecule has 1 aliphatic rings. The van der Waals surface area contributed by atoms with Crippen molar-refractivity contribution in [3.8, 4) is 0 Å². The van der Waals surface area contributed by atoms with Gasteiger partial charge >= 0.3 is 0 Å². The number of anilines is 2. The van der Waals surface area contributed by atoms with Gasteiger partial charge in [0.25, 0.3) is 5.91 Å². The molecule has 2 amide bonds. The maximum absolute atomic E-state index is 13.1. The number of nitrogens with one attached hydrogen (secondary N) is 2. The molecule has 0 aliphatic carbocycles. The van der Waals surface area contributed by atoms with Gasteiger partial charge in [-0.2, -0.15) is 0 Å². The van der Waals surface area contributed by atoms with E-state index in [4.69, 9.17) is 10.9 Å². The van der Waals surface area contributed by atoms with Gasteiger partial charge in [0.1, 0.15) is 5.82 Å². The molecular formula is C21H24FN5O3. The van der Waals surface area contributed by atoms with Crippen molar-refractivity contribution >= 4 is 29.0 Å². The van der Waals surface area contributed by atoms with Crippen LogP contribution < -0.4 is 16.4 Å². The van der Waals surface area contributed by atoms with Crippen molar-refractivity contribution in [3.63, 3.8) is 0 Å². The zero-order valence-corrected chi connectivity index (χ0v) is 16.3. The Bertz CT molecular complexity index is 932. The van der Waals surface area contributed by atoms with E-state index in [1.165, 1.54) is 24.3 Å². The second-order valence-electron chi connectivity index (χ2n) is 7.06. The minimum absolute atomic E-state index is 0.0504. The van der Waals surface area contributed by atoms with Gasteiger partial charge in [-0.1, -0.05) is 23.7 Å². The van der Waals surface area contributed by atoms with Gasteiger partial charge in [-0.05, 0) is 55.8 Å². The number of halogens is 1. The van der Waals surface area contributed by atoms with Crippen LogP contribution in [0.3, 0.4) is 0 Å². The first-order valence-corrected chi connectivity index (χ1v) is 9.65. The first kappa shape index (κ1) is 21.3. The number of amidine groups is 1. The first-order chi connectivity index (χ1) is 14.5. The van der Waals surface area contributed by atoms with E-state index in [1.54, 1.807) is 24.3 Å². The number of likely N-dealkylation sites (tertiary alicyclic amines) is 1. The van der Waals surface area contributed by atoms with Crippen LogP contribution in [-0.4, -0.2) is 46.9 Å². The summed E-state index contributed by atoms with van der Waals surface area (Å²) in [6.07, 6.45) is 2.56. The molecule has 2 aromatic carbocycles. The molecule has 1 aliphatic heterocycles. The molecule has 158 valence electrons. The number of carbonyl (C=O) groups excluding carboxylic acids is 2. The van der Waals surface area contributed by atoms with Crippen molar-refractivity contribution in [2.75, 3.05) is 23.7 Å². The molecule has 8 nitrogen and oxygen atoms in total. The Labute approximate surface area is 173 Å². The number of nitrogens with zero attached hydrogens (tertiary/aromatic N) is 2. The first-order valence-electron chi connectivity index (χ1n) is 9.65. The molecule has 0 saturated carbocycles. The summed E-state index contributed by atoms with van der Waals surface area (Å²) in [5, 5.41) is 17.5. The average molecular weight is 413 g/mol. The van der Waals surface area contributed by atoms with Crippen LogP contribution in [0.15, 0.2) is 53.7 Å². The van der Waals surface area contributed by atoms with Gasteiger partial charge in [-0.15, -0.1) is 0 Å². The van der Waals surface area contributed by atoms with Gasteiger partial charge in [0.15, 0.2) is 5.84 Å². The fraction of sp³-hybridized carbons (Fsp3) is 0.286. The van der Waals surface area contributed by atoms with E-state index in [1.807, 2.05) is 4.90 Å². The summed E-state index contributed by atoms with van der Waals surface area (Å²) in [7, 11) is 0. The smallest absolute Gasteiger partial charge is 0.257 e. The van der Waals surface area contributed by atoms with E-state index in [9.17, 15) is 14.0 Å². The third-order valence-electron chi connectivity index (χ3n) is 4.97. The van der Waals surface area contributed by atoms with Gasteiger partial charge in [-0.3, -0.25) is 14.5 Å². The highest BCUT2D eigenvalue weighted by Gasteiger charge is 2.27. The summed E-state index contributed by atoms with van der Waals surface area (Å²) in [6, 6.07) is 11.7. The maximum atomic E-state index is 13.1. The van der Waals surface area contributed by atoms with Crippen LogP contribution in [-0.2, 0) is 4.79 Å². The number of benzene rings is 2. The fourth-order valence-corrected chi connectivity index (χ4v) is 3.48. The molecule has 0 bridgehead atoms. The number of piperidine rings is 1. The highest BCUT2D eigenvalue weighted by molar-refractivity contribution is 6.10. The SMILES string of the molecule is NC(=NO)C1CCCCN1CC(=O)Nc1ccccc1C(=O)Nc1ccc(F)cc1. The van der Waals surface area contributed by atoms with Crippen molar-refractivity contribution in [3.05, 3.63) is 59.9 Å². The normalized spacial score (nSPS) is 17.4. The molecule has 0 radical (unpaired) electrons. The van der Waals surface area contributed by atoms with Crippen LogP contribution in [0.4, 0.5) is 15.8 Å². The predicted octanol–water partition coefficient (Wildman–Crippen LogP) is 2.62. The Morgan fingerprint density at radius 3 is 2.60 bits per heavy atom. The molecule has 3 rings (SSSR count). The van der Waals surface area contributed by atoms with E-state index < -0.39 is 11.7 Å². The number of amides is 2. The lowest BCUT2D eigenvalue weighted by Crippen LogP contribution is -2.50. The summed E-state index contributed by atoms with van der Waals surface area (Å²) in [5.41, 5.74) is 6.85. The highest BCUT2D eigenvalue weighted by atomic mass is 19.1. The Kier molecular flexibility index (Phi) is 6.97. The Hall–Kier alpha value is -3.46. The zero-order chi connectivity index (χ0) is 21.5. The second kappa shape index (κ2) is 9.84. The molecule has 1 saturated heterocycles. The monoisotopic (exact) mass is 413 g/mol. The summed E-state index contributed by atoms with van der Waals surface area (Å²) in [4.78, 5) is 27.1. The van der Waals surface area contributed by atoms with Crippen molar-refractivity contribution < 1.29 is 19.2 Å². The molecule has 30 heavy (non-hydrogen) atoms. The minimum Gasteiger partial charge on any atom is -0.409 e. The summed E-state index contributed by atoms with van der Waals surface area (Å²) < 4.78 is 13.1. The van der Waals surface area contributed by atoms with Crippen molar-refractivity contribution in [2.45, 2.75) is 25.3 Å². The Morgan fingerprint density at radius 2 is 1.87 bits per heavy atom. The topological polar surface area (TPSA) is 120 Å². The molecular weight excluding hydrogens is 389 g/mol. The number of oxime groups is 1. The third-order valence-corrected chi connectivity index (χ3v) is 4.97. The van der Waals surface area contributed by atoms with E-state index >= 15 is 0 Å². The Morgan fingerprint density at radius 1 is 1.13 bits per heavy atom. The van der Waals surface area contributed by atoms with Gasteiger partial charge in [0, 0.05) is 5.69 Å². The van der Waals surface area contributed by atoms with Crippen LogP contribution in [0.2, 0.25) is 0 Å². The van der Waals surface area contributed by atoms with Crippen molar-refractivity contribution in [1.29, 1.82) is 0 Å². The van der Waals surface area contributed by atoms with Gasteiger partial charge in [0.05, 0.1) is 23.8 Å². The molecule has 1 atom stereocenters. The lowest BCUT2D eigenvalue weighted by atomic mass is 10.0. The summed E-state index contributed by atoms with van der Waals surface area (Å²) in [6.45, 7) is 0.704. The third kappa shape index (κ3) is 5.32. The van der Waals surface area contributed by atoms with Gasteiger partial charge in [-0.25, -0.2) is 4.39 Å². The van der Waals surface area contributed by atoms with Crippen molar-refractivity contribution in [2.24, 2.45) is 10.9 Å². The molecule has 1 heterocycles. The molecule has 2 aromatic rings. The standard InChI is InChI=1S/C21H24FN5O3/c22-14-8-10-15(11-9-14)24-21(29)16-5-1-2-6-17(16)25-19(28)13-27-12-4-3-7-18(27)20(23)26-30/h1-2,5-6,8-11,18,30H,3-4,7,12-13H2,(H2,23,26)(H,24,29)(H,25,28). The molecule has 1 unspecified atom stereocenters. The van der Waals surface area contributed by atoms with E-state index in [0.717, 1.165) is 12.8 Å². The van der Waals surface area contributed by atoms with Gasteiger partial charge in [0.2, 0.25) is 5.91 Å². The summed E-state index contributed by atoms with van der Waals surface area (Å²) in [5.74, 6) is -1.05. The molecule has 0 spiro atoms. The van der Waals surface area contributed by atoms with Crippen LogP contribution in [0, 0.1) is 5.82 Å². The number of carbonyl (C=O) groups is 2. The van der Waals surface area contributed by atoms with Crippen LogP contribution >= 0.6 is 0 Å². The summed E-state index contributed by atoms with van der Waals surface area (Å²) >= 11 is 0. The van der Waals surface area contributed by atoms with Crippen molar-refractivity contribution in [1.82, 2.24) is 4.90 Å². The molecule has 9 heteroatoms. The second-order valence-corrected chi connectivity index (χ2v) is 7.06. The van der Waals surface area contributed by atoms with Crippen LogP contribution in [0.25, 0.3) is 0 Å². The minimum atomic E-state index is -0.426. The highest BCUT2D eigenvalue weighted by Crippen LogP contribution is 2.20. The van der Waals surface area contributed by atoms with Crippen LogP contribution in [0.5, 0.6) is 0 Å². The van der Waals surface area contributed by atoms with E-state index in [2.05, 4.69) is 15.8 Å². The lowest BCUT2D eigenvalue weighted by Gasteiger charge is -2.34. The predicted molar refractivity (Wildman–Crippen MR) is 112 cm³/mol. The average Bonchev–Trinajstić information content (AvgIpc) is 2.75. The number of nitrogens with two attached hydrogens (primary N) is 1. The molecule has 0 aromatic heterocycles. The van der Waals surface area contributed by atoms with Gasteiger partial charge < -0.3 is 21.6 Å². The quantitative estimate of drug-likeness (QED) is 0.251. The number of hydrogen-bond acceptors (Lipinski definition) is 5. The Balaban J connectivity index is 1.68. The zero-order valence-electron chi connectivity index (χ0n) is 16.3. The van der Waals surface area contributed by atoms with E-state index in [-0.39, 0.29) is 29.9 Å². The number of rotatable bonds is 6. The molecule has 5 N–H and O–H groups in total. The number of para-hydroxylation sites is 1. The van der Waals surface area contributed by atoms with Crippen LogP contribution in [0.1, 0.15) is 29.6 Å². The largest absolute Gasteiger partial charge is 0.409 e. The fourth-order valence-electron chi connectivity index (χ4n) is 3.48.